The molecule has 5 heteroatoms. The topological polar surface area (TPSA) is 69.7 Å². The van der Waals surface area contributed by atoms with Gasteiger partial charge in [-0.2, -0.15) is 0 Å². The van der Waals surface area contributed by atoms with Crippen LogP contribution in [0.15, 0.2) is 0 Å². The highest BCUT2D eigenvalue weighted by Gasteiger charge is 2.32. The van der Waals surface area contributed by atoms with Gasteiger partial charge in [0.15, 0.2) is 0 Å². The molecule has 0 saturated carbocycles. The van der Waals surface area contributed by atoms with Crippen molar-refractivity contribution in [2.75, 3.05) is 14.2 Å². The second-order valence-electron chi connectivity index (χ2n) is 5.90. The second kappa shape index (κ2) is 14.2. The molecular weight excluding hydrogens is 296 g/mol. The molecule has 0 spiro atoms. The van der Waals surface area contributed by atoms with Gasteiger partial charge in [-0.05, 0) is 6.42 Å². The number of hydrogen-bond donors (Lipinski definition) is 0. The fourth-order valence-corrected chi connectivity index (χ4v) is 2.58. The SMILES string of the molecule is CCCCCCCCCCCC[C@H](C(=O)OC)C(=O)C(=O)OC. The van der Waals surface area contributed by atoms with Gasteiger partial charge < -0.3 is 9.47 Å². The zero-order valence-corrected chi connectivity index (χ0v) is 14.9. The van der Waals surface area contributed by atoms with Crippen molar-refractivity contribution in [2.45, 2.75) is 77.6 Å². The Labute approximate surface area is 140 Å². The molecule has 0 N–H and O–H groups in total. The number of rotatable bonds is 14. The summed E-state index contributed by atoms with van der Waals surface area (Å²) < 4.78 is 8.99. The van der Waals surface area contributed by atoms with E-state index in [1.54, 1.807) is 0 Å². The monoisotopic (exact) mass is 328 g/mol. The lowest BCUT2D eigenvalue weighted by Gasteiger charge is -2.12. The summed E-state index contributed by atoms with van der Waals surface area (Å²) in [6, 6.07) is 0. The second-order valence-corrected chi connectivity index (χ2v) is 5.90. The summed E-state index contributed by atoms with van der Waals surface area (Å²) in [5.74, 6) is -3.47. The van der Waals surface area contributed by atoms with Gasteiger partial charge in [0.05, 0.1) is 14.2 Å². The van der Waals surface area contributed by atoms with E-state index in [0.717, 1.165) is 26.4 Å². The van der Waals surface area contributed by atoms with Gasteiger partial charge in [0, 0.05) is 0 Å². The Balaban J connectivity index is 3.86. The minimum atomic E-state index is -1.03. The van der Waals surface area contributed by atoms with E-state index in [1.807, 2.05) is 0 Å². The van der Waals surface area contributed by atoms with Crippen LogP contribution >= 0.6 is 0 Å². The van der Waals surface area contributed by atoms with Gasteiger partial charge in [0.2, 0.25) is 0 Å². The Morgan fingerprint density at radius 1 is 0.739 bits per heavy atom. The van der Waals surface area contributed by atoms with Crippen LogP contribution in [-0.2, 0) is 23.9 Å². The van der Waals surface area contributed by atoms with E-state index in [2.05, 4.69) is 16.4 Å². The molecule has 1 atom stereocenters. The van der Waals surface area contributed by atoms with E-state index in [9.17, 15) is 14.4 Å². The first-order valence-electron chi connectivity index (χ1n) is 8.78. The van der Waals surface area contributed by atoms with E-state index >= 15 is 0 Å². The number of carbonyl (C=O) groups is 3. The Morgan fingerprint density at radius 2 is 1.22 bits per heavy atom. The normalized spacial score (nSPS) is 11.8. The average Bonchev–Trinajstić information content (AvgIpc) is 2.57. The van der Waals surface area contributed by atoms with Crippen molar-refractivity contribution in [2.24, 2.45) is 5.92 Å². The van der Waals surface area contributed by atoms with E-state index in [4.69, 9.17) is 0 Å². The maximum Gasteiger partial charge on any atom is 0.375 e. The molecule has 0 aliphatic rings. The Morgan fingerprint density at radius 3 is 1.65 bits per heavy atom. The fourth-order valence-electron chi connectivity index (χ4n) is 2.58. The standard InChI is InChI=1S/C18H32O5/c1-4-5-6-7-8-9-10-11-12-13-14-15(17(20)22-2)16(19)18(21)23-3/h15H,4-14H2,1-3H3/t15-/m0/s1. The number of ether oxygens (including phenoxy) is 2. The van der Waals surface area contributed by atoms with Crippen molar-refractivity contribution in [1.29, 1.82) is 0 Å². The summed E-state index contributed by atoms with van der Waals surface area (Å²) in [6.45, 7) is 2.21. The summed E-state index contributed by atoms with van der Waals surface area (Å²) in [5.41, 5.74) is 0. The lowest BCUT2D eigenvalue weighted by Crippen LogP contribution is -2.31. The van der Waals surface area contributed by atoms with E-state index in [1.165, 1.54) is 52.1 Å². The van der Waals surface area contributed by atoms with Gasteiger partial charge in [-0.15, -0.1) is 0 Å². The molecule has 0 heterocycles. The van der Waals surface area contributed by atoms with Crippen molar-refractivity contribution in [3.05, 3.63) is 0 Å². The third kappa shape index (κ3) is 10.1. The summed E-state index contributed by atoms with van der Waals surface area (Å²) in [6.07, 6.45) is 12.1. The van der Waals surface area contributed by atoms with E-state index in [-0.39, 0.29) is 0 Å². The predicted octanol–water partition coefficient (Wildman–Crippen LogP) is 3.83. The van der Waals surface area contributed by atoms with Crippen molar-refractivity contribution >= 4 is 17.7 Å². The highest BCUT2D eigenvalue weighted by Crippen LogP contribution is 2.16. The van der Waals surface area contributed by atoms with Crippen LogP contribution in [0.3, 0.4) is 0 Å². The van der Waals surface area contributed by atoms with Gasteiger partial charge in [-0.25, -0.2) is 4.79 Å². The number of ketones is 1. The molecule has 23 heavy (non-hydrogen) atoms. The largest absolute Gasteiger partial charge is 0.468 e. The zero-order chi connectivity index (χ0) is 17.5. The van der Waals surface area contributed by atoms with E-state index in [0.29, 0.717) is 6.42 Å². The molecule has 0 aliphatic heterocycles. The van der Waals surface area contributed by atoms with Gasteiger partial charge in [0.25, 0.3) is 5.78 Å². The van der Waals surface area contributed by atoms with E-state index < -0.39 is 23.6 Å². The molecule has 0 aliphatic carbocycles. The minimum Gasteiger partial charge on any atom is -0.468 e. The molecule has 0 bridgehead atoms. The molecule has 0 aromatic carbocycles. The van der Waals surface area contributed by atoms with Crippen LogP contribution in [0, 0.1) is 5.92 Å². The molecule has 0 unspecified atom stereocenters. The van der Waals surface area contributed by atoms with Gasteiger partial charge in [-0.1, -0.05) is 71.1 Å². The molecule has 134 valence electrons. The van der Waals surface area contributed by atoms with Crippen LogP contribution in [0.25, 0.3) is 0 Å². The van der Waals surface area contributed by atoms with Crippen LogP contribution < -0.4 is 0 Å². The van der Waals surface area contributed by atoms with Crippen molar-refractivity contribution in [3.63, 3.8) is 0 Å². The number of carbonyl (C=O) groups excluding carboxylic acids is 3. The molecular formula is C18H32O5. The highest BCUT2D eigenvalue weighted by molar-refractivity contribution is 6.37. The molecule has 0 rings (SSSR count). The first kappa shape index (κ1) is 21.6. The first-order valence-corrected chi connectivity index (χ1v) is 8.78. The van der Waals surface area contributed by atoms with Crippen molar-refractivity contribution < 1.29 is 23.9 Å². The smallest absolute Gasteiger partial charge is 0.375 e. The van der Waals surface area contributed by atoms with Crippen LogP contribution in [0.4, 0.5) is 0 Å². The third-order valence-electron chi connectivity index (χ3n) is 4.04. The number of methoxy groups -OCH3 is 2. The third-order valence-corrected chi connectivity index (χ3v) is 4.04. The molecule has 0 aromatic heterocycles. The number of Topliss-reactive ketones (excluding diaryl/α,β-unsaturated/α-hetero) is 1. The summed E-state index contributed by atoms with van der Waals surface area (Å²) in [5, 5.41) is 0. The van der Waals surface area contributed by atoms with Crippen LogP contribution in [0.5, 0.6) is 0 Å². The number of hydrogen-bond acceptors (Lipinski definition) is 5. The molecule has 0 fully saturated rings. The predicted molar refractivity (Wildman–Crippen MR) is 89.0 cm³/mol. The van der Waals surface area contributed by atoms with Crippen LogP contribution in [0.1, 0.15) is 77.6 Å². The maximum atomic E-state index is 11.8. The first-order chi connectivity index (χ1) is 11.1. The Bertz CT molecular complexity index is 351. The molecule has 0 aromatic rings. The number of unbranched alkanes of at least 4 members (excludes halogenated alkanes) is 9. The summed E-state index contributed by atoms with van der Waals surface area (Å²) in [7, 11) is 2.35. The molecule has 5 nitrogen and oxygen atoms in total. The minimum absolute atomic E-state index is 0.344. The Kier molecular flexibility index (Phi) is 13.4. The summed E-state index contributed by atoms with van der Waals surface area (Å²) >= 11 is 0. The van der Waals surface area contributed by atoms with Crippen molar-refractivity contribution in [1.82, 2.24) is 0 Å². The zero-order valence-electron chi connectivity index (χ0n) is 14.9. The number of esters is 2. The lowest BCUT2D eigenvalue weighted by molar-refractivity contribution is -0.160. The van der Waals surface area contributed by atoms with Crippen LogP contribution in [0.2, 0.25) is 0 Å². The molecule has 0 saturated heterocycles. The summed E-state index contributed by atoms with van der Waals surface area (Å²) in [4.78, 5) is 34.7. The quantitative estimate of drug-likeness (QED) is 0.210. The van der Waals surface area contributed by atoms with Gasteiger partial charge in [0.1, 0.15) is 5.92 Å². The highest BCUT2D eigenvalue weighted by atomic mass is 16.5. The molecule has 0 radical (unpaired) electrons. The average molecular weight is 328 g/mol. The fraction of sp³-hybridized carbons (Fsp3) is 0.833. The van der Waals surface area contributed by atoms with Crippen LogP contribution in [-0.4, -0.2) is 31.9 Å². The van der Waals surface area contributed by atoms with Gasteiger partial charge >= 0.3 is 11.9 Å². The maximum absolute atomic E-state index is 11.8. The molecule has 0 amide bonds. The van der Waals surface area contributed by atoms with Crippen molar-refractivity contribution in [3.8, 4) is 0 Å². The Hall–Kier alpha value is -1.39. The van der Waals surface area contributed by atoms with Gasteiger partial charge in [-0.3, -0.25) is 9.59 Å². The lowest BCUT2D eigenvalue weighted by atomic mass is 9.96.